The molecule has 1 unspecified atom stereocenters. The van der Waals surface area contributed by atoms with Gasteiger partial charge < -0.3 is 15.0 Å². The molecule has 0 bridgehead atoms. The van der Waals surface area contributed by atoms with Crippen LogP contribution in [-0.2, 0) is 21.2 Å². The molecule has 9 heteroatoms. The number of rotatable bonds is 8. The van der Waals surface area contributed by atoms with Crippen LogP contribution in [0.15, 0.2) is 41.3 Å². The maximum Gasteiger partial charge on any atom is 0.246 e. The van der Waals surface area contributed by atoms with Crippen LogP contribution in [0.5, 0.6) is 5.75 Å². The van der Waals surface area contributed by atoms with Gasteiger partial charge in [-0.3, -0.25) is 9.59 Å². The second kappa shape index (κ2) is 9.76. The van der Waals surface area contributed by atoms with E-state index in [1.54, 1.807) is 36.1 Å². The molecule has 0 radical (unpaired) electrons. The van der Waals surface area contributed by atoms with Crippen molar-refractivity contribution in [2.75, 3.05) is 36.5 Å². The number of hydrogen-bond donors (Lipinski definition) is 1. The summed E-state index contributed by atoms with van der Waals surface area (Å²) in [5.41, 5.74) is 2.92. The van der Waals surface area contributed by atoms with Gasteiger partial charge in [-0.1, -0.05) is 0 Å². The number of anilines is 2. The van der Waals surface area contributed by atoms with Crippen molar-refractivity contribution in [1.29, 1.82) is 0 Å². The first-order valence-corrected chi connectivity index (χ1v) is 13.1. The van der Waals surface area contributed by atoms with Crippen LogP contribution in [0, 0.1) is 0 Å². The predicted octanol–water partition coefficient (Wildman–Crippen LogP) is 3.46. The van der Waals surface area contributed by atoms with Crippen LogP contribution in [0.1, 0.15) is 49.5 Å². The topological polar surface area (TPSA) is 96.0 Å². The molecule has 182 valence electrons. The first kappa shape index (κ1) is 24.2. The van der Waals surface area contributed by atoms with E-state index in [1.807, 2.05) is 19.1 Å². The maximum atomic E-state index is 13.2. The minimum atomic E-state index is -3.69. The van der Waals surface area contributed by atoms with E-state index in [0.29, 0.717) is 49.7 Å². The van der Waals surface area contributed by atoms with Crippen LogP contribution >= 0.6 is 0 Å². The summed E-state index contributed by atoms with van der Waals surface area (Å²) in [6.07, 6.45) is 2.41. The molecule has 0 aromatic heterocycles. The molecule has 1 fully saturated rings. The number of carbonyl (C=O) groups excluding carboxylic acids is 2. The van der Waals surface area contributed by atoms with E-state index in [-0.39, 0.29) is 16.6 Å². The zero-order chi connectivity index (χ0) is 24.5. The molecule has 8 nitrogen and oxygen atoms in total. The van der Waals surface area contributed by atoms with Crippen molar-refractivity contribution in [1.82, 2.24) is 4.31 Å². The fourth-order valence-corrected chi connectivity index (χ4v) is 6.26. The van der Waals surface area contributed by atoms with Crippen LogP contribution < -0.4 is 15.0 Å². The minimum Gasteiger partial charge on any atom is -0.492 e. The normalized spacial score (nSPS) is 16.9. The van der Waals surface area contributed by atoms with Gasteiger partial charge in [0.15, 0.2) is 5.78 Å². The SMILES string of the molecule is CCOc1ccc(NC(C)C(=O)c2ccc3c(c2)CCN3C(C)=O)cc1S(=O)(=O)N1CCCC1. The number of fused-ring (bicyclic) bond motifs is 1. The molecular weight excluding hydrogens is 454 g/mol. The molecule has 1 N–H and O–H groups in total. The zero-order valence-electron chi connectivity index (χ0n) is 19.8. The van der Waals surface area contributed by atoms with Crippen LogP contribution in [0.3, 0.4) is 0 Å². The van der Waals surface area contributed by atoms with E-state index in [4.69, 9.17) is 4.74 Å². The standard InChI is InChI=1S/C25H31N3O5S/c1-4-33-23-10-8-21(16-24(23)34(31,32)27-12-5-6-13-27)26-17(2)25(30)20-7-9-22-19(15-20)11-14-28(22)18(3)29/h7-10,15-17,26H,4-6,11-14H2,1-3H3. The maximum absolute atomic E-state index is 13.2. The van der Waals surface area contributed by atoms with E-state index in [2.05, 4.69) is 5.32 Å². The van der Waals surface area contributed by atoms with E-state index < -0.39 is 16.1 Å². The molecule has 1 atom stereocenters. The Morgan fingerprint density at radius 3 is 2.50 bits per heavy atom. The van der Waals surface area contributed by atoms with Crippen LogP contribution in [0.4, 0.5) is 11.4 Å². The summed E-state index contributed by atoms with van der Waals surface area (Å²) in [5, 5.41) is 3.15. The summed E-state index contributed by atoms with van der Waals surface area (Å²) in [4.78, 5) is 26.7. The fraction of sp³-hybridized carbons (Fsp3) is 0.440. The molecule has 34 heavy (non-hydrogen) atoms. The number of nitrogens with one attached hydrogen (secondary N) is 1. The predicted molar refractivity (Wildman–Crippen MR) is 131 cm³/mol. The molecule has 4 rings (SSSR count). The van der Waals surface area contributed by atoms with Crippen LogP contribution in [0.25, 0.3) is 0 Å². The fourth-order valence-electron chi connectivity index (χ4n) is 4.59. The third-order valence-electron chi connectivity index (χ3n) is 6.34. The van der Waals surface area contributed by atoms with E-state index in [9.17, 15) is 18.0 Å². The zero-order valence-corrected chi connectivity index (χ0v) is 20.7. The van der Waals surface area contributed by atoms with Gasteiger partial charge >= 0.3 is 0 Å². The van der Waals surface area contributed by atoms with Gasteiger partial charge in [-0.2, -0.15) is 4.31 Å². The molecule has 2 aliphatic heterocycles. The summed E-state index contributed by atoms with van der Waals surface area (Å²) < 4.78 is 33.5. The molecule has 1 saturated heterocycles. The Morgan fingerprint density at radius 1 is 1.09 bits per heavy atom. The number of Topliss-reactive ketones (excluding diaryl/α,β-unsaturated/α-hetero) is 1. The molecule has 1 amide bonds. The Balaban J connectivity index is 1.55. The number of carbonyl (C=O) groups is 2. The van der Waals surface area contributed by atoms with Crippen molar-refractivity contribution in [2.45, 2.75) is 51.0 Å². The van der Waals surface area contributed by atoms with Gasteiger partial charge in [-0.15, -0.1) is 0 Å². The number of benzene rings is 2. The number of ketones is 1. The highest BCUT2D eigenvalue weighted by molar-refractivity contribution is 7.89. The largest absolute Gasteiger partial charge is 0.492 e. The highest BCUT2D eigenvalue weighted by atomic mass is 32.2. The highest BCUT2D eigenvalue weighted by Crippen LogP contribution is 2.33. The summed E-state index contributed by atoms with van der Waals surface area (Å²) in [7, 11) is -3.69. The molecular formula is C25H31N3O5S. The lowest BCUT2D eigenvalue weighted by Crippen LogP contribution is -2.29. The van der Waals surface area contributed by atoms with Gasteiger partial charge in [-0.25, -0.2) is 8.42 Å². The van der Waals surface area contributed by atoms with Gasteiger partial charge in [0.25, 0.3) is 0 Å². The highest BCUT2D eigenvalue weighted by Gasteiger charge is 2.31. The van der Waals surface area contributed by atoms with E-state index in [0.717, 1.165) is 24.1 Å². The smallest absolute Gasteiger partial charge is 0.246 e. The van der Waals surface area contributed by atoms with Crippen molar-refractivity contribution in [3.05, 3.63) is 47.5 Å². The molecule has 2 aromatic carbocycles. The molecule has 2 aliphatic rings. The van der Waals surface area contributed by atoms with Gasteiger partial charge in [0.05, 0.1) is 12.6 Å². The van der Waals surface area contributed by atoms with Crippen molar-refractivity contribution < 1.29 is 22.7 Å². The van der Waals surface area contributed by atoms with Crippen LogP contribution in [-0.4, -0.2) is 56.7 Å². The van der Waals surface area contributed by atoms with Gasteiger partial charge in [-0.05, 0) is 75.1 Å². The molecule has 2 aromatic rings. The quantitative estimate of drug-likeness (QED) is 0.576. The lowest BCUT2D eigenvalue weighted by atomic mass is 10.0. The number of nitrogens with zero attached hydrogens (tertiary/aromatic N) is 2. The summed E-state index contributed by atoms with van der Waals surface area (Å²) in [5.74, 6) is 0.192. The number of ether oxygens (including phenoxy) is 1. The van der Waals surface area contributed by atoms with Crippen molar-refractivity contribution in [2.24, 2.45) is 0 Å². The Labute approximate surface area is 200 Å². The summed E-state index contributed by atoms with van der Waals surface area (Å²) in [6, 6.07) is 9.74. The van der Waals surface area contributed by atoms with Crippen molar-refractivity contribution >= 4 is 33.1 Å². The third-order valence-corrected chi connectivity index (χ3v) is 8.26. The Kier molecular flexibility index (Phi) is 6.95. The van der Waals surface area contributed by atoms with E-state index >= 15 is 0 Å². The van der Waals surface area contributed by atoms with Gasteiger partial charge in [0.1, 0.15) is 10.6 Å². The monoisotopic (exact) mass is 485 g/mol. The average molecular weight is 486 g/mol. The van der Waals surface area contributed by atoms with Gasteiger partial charge in [0.2, 0.25) is 15.9 Å². The summed E-state index contributed by atoms with van der Waals surface area (Å²) >= 11 is 0. The first-order valence-electron chi connectivity index (χ1n) is 11.7. The average Bonchev–Trinajstić information content (AvgIpc) is 3.50. The van der Waals surface area contributed by atoms with Crippen molar-refractivity contribution in [3.63, 3.8) is 0 Å². The Bertz CT molecular complexity index is 1210. The lowest BCUT2D eigenvalue weighted by molar-refractivity contribution is -0.116. The Hall–Kier alpha value is -2.91. The van der Waals surface area contributed by atoms with E-state index in [1.165, 1.54) is 11.2 Å². The minimum absolute atomic E-state index is 0.0111. The Morgan fingerprint density at radius 2 is 1.82 bits per heavy atom. The van der Waals surface area contributed by atoms with Crippen molar-refractivity contribution in [3.8, 4) is 5.75 Å². The number of sulfonamides is 1. The molecule has 0 spiro atoms. The second-order valence-electron chi connectivity index (χ2n) is 8.70. The van der Waals surface area contributed by atoms with Gasteiger partial charge in [0, 0.05) is 43.5 Å². The first-order chi connectivity index (χ1) is 16.2. The van der Waals surface area contributed by atoms with Crippen LogP contribution in [0.2, 0.25) is 0 Å². The molecule has 2 heterocycles. The summed E-state index contributed by atoms with van der Waals surface area (Å²) in [6.45, 7) is 7.07. The molecule has 0 saturated carbocycles. The number of hydrogen-bond acceptors (Lipinski definition) is 6. The second-order valence-corrected chi connectivity index (χ2v) is 10.6. The number of amides is 1. The lowest BCUT2D eigenvalue weighted by Gasteiger charge is -2.20. The third kappa shape index (κ3) is 4.67. The molecule has 0 aliphatic carbocycles.